The summed E-state index contributed by atoms with van der Waals surface area (Å²) < 4.78 is 0.692. The normalized spacial score (nSPS) is 10.3. The van der Waals surface area contributed by atoms with Crippen LogP contribution < -0.4 is 21.9 Å². The zero-order valence-corrected chi connectivity index (χ0v) is 16.5. The fraction of sp³-hybridized carbons (Fsp3) is 0.105. The number of carbonyl (C=O) groups is 1. The first-order valence-electron chi connectivity index (χ1n) is 8.21. The molecule has 0 saturated carbocycles. The van der Waals surface area contributed by atoms with Crippen molar-refractivity contribution < 1.29 is 4.79 Å². The van der Waals surface area contributed by atoms with Crippen LogP contribution in [0.5, 0.6) is 0 Å². The van der Waals surface area contributed by atoms with Gasteiger partial charge in [-0.3, -0.25) is 15.6 Å². The van der Waals surface area contributed by atoms with E-state index >= 15 is 0 Å². The predicted molar refractivity (Wildman–Crippen MR) is 111 cm³/mol. The number of nitrogen functional groups attached to an aromatic ring is 1. The molecule has 138 valence electrons. The molecule has 1 amide bonds. The average Bonchev–Trinajstić information content (AvgIpc) is 2.64. The molecule has 1 heterocycles. The third kappa shape index (κ3) is 4.35. The molecular weight excluding hydrogens is 408 g/mol. The van der Waals surface area contributed by atoms with Gasteiger partial charge in [0.05, 0.1) is 5.56 Å². The summed E-state index contributed by atoms with van der Waals surface area (Å²) in [6, 6.07) is 13.2. The minimum Gasteiger partial charge on any atom is -0.393 e. The van der Waals surface area contributed by atoms with E-state index in [4.69, 9.17) is 5.73 Å². The van der Waals surface area contributed by atoms with Gasteiger partial charge in [-0.2, -0.15) is 0 Å². The second-order valence-electron chi connectivity index (χ2n) is 5.99. The van der Waals surface area contributed by atoms with Crippen molar-refractivity contribution >= 4 is 44.8 Å². The molecule has 0 spiro atoms. The highest BCUT2D eigenvalue weighted by atomic mass is 79.9. The summed E-state index contributed by atoms with van der Waals surface area (Å²) in [5, 5.41) is 3.20. The van der Waals surface area contributed by atoms with E-state index in [0.29, 0.717) is 27.4 Å². The van der Waals surface area contributed by atoms with Crippen molar-refractivity contribution in [3.05, 3.63) is 70.0 Å². The Balaban J connectivity index is 1.75. The zero-order valence-electron chi connectivity index (χ0n) is 14.9. The third-order valence-corrected chi connectivity index (χ3v) is 4.62. The van der Waals surface area contributed by atoms with Gasteiger partial charge in [-0.05, 0) is 53.5 Å². The van der Waals surface area contributed by atoms with E-state index in [0.717, 1.165) is 11.3 Å². The van der Waals surface area contributed by atoms with Gasteiger partial charge in [-0.25, -0.2) is 9.97 Å². The van der Waals surface area contributed by atoms with Gasteiger partial charge in [-0.1, -0.05) is 29.8 Å². The lowest BCUT2D eigenvalue weighted by Crippen LogP contribution is -2.30. The van der Waals surface area contributed by atoms with E-state index in [1.165, 1.54) is 11.9 Å². The summed E-state index contributed by atoms with van der Waals surface area (Å²) in [5.41, 5.74) is 15.4. The highest BCUT2D eigenvalue weighted by Gasteiger charge is 2.12. The number of anilines is 4. The standard InChI is InChI=1S/C19H19BrN6O/c1-11-7-8-15(12(2)9-11)24-17-16(21)18(23-10-22-17)25-26-19(27)13-5-3-4-6-14(13)20/h3-10H,21H2,1-2H3,(H,26,27)(H2,22,23,24,25). The molecule has 0 saturated heterocycles. The van der Waals surface area contributed by atoms with E-state index < -0.39 is 0 Å². The average molecular weight is 427 g/mol. The summed E-state index contributed by atoms with van der Waals surface area (Å²) in [6.07, 6.45) is 1.37. The van der Waals surface area contributed by atoms with Gasteiger partial charge in [0, 0.05) is 10.2 Å². The number of aromatic nitrogens is 2. The quantitative estimate of drug-likeness (QED) is 0.460. The number of hydrogen-bond donors (Lipinski definition) is 4. The molecule has 0 atom stereocenters. The van der Waals surface area contributed by atoms with Crippen LogP contribution in [0.4, 0.5) is 23.0 Å². The maximum atomic E-state index is 12.3. The van der Waals surface area contributed by atoms with E-state index in [1.54, 1.807) is 18.2 Å². The second kappa shape index (κ2) is 8.05. The molecule has 1 aromatic heterocycles. The topological polar surface area (TPSA) is 105 Å². The molecule has 27 heavy (non-hydrogen) atoms. The van der Waals surface area contributed by atoms with Gasteiger partial charge in [-0.15, -0.1) is 0 Å². The number of hydrazine groups is 1. The molecule has 7 nitrogen and oxygen atoms in total. The fourth-order valence-electron chi connectivity index (χ4n) is 2.50. The SMILES string of the molecule is Cc1ccc(Nc2ncnc(NNC(=O)c3ccccc3Br)c2N)c(C)c1. The molecule has 0 aliphatic carbocycles. The number of nitrogens with two attached hydrogens (primary N) is 1. The van der Waals surface area contributed by atoms with Crippen LogP contribution in [0.1, 0.15) is 21.5 Å². The van der Waals surface area contributed by atoms with Gasteiger partial charge in [0.15, 0.2) is 11.6 Å². The molecule has 2 aromatic carbocycles. The highest BCUT2D eigenvalue weighted by molar-refractivity contribution is 9.10. The van der Waals surface area contributed by atoms with E-state index in [2.05, 4.69) is 48.1 Å². The molecule has 0 fully saturated rings. The maximum Gasteiger partial charge on any atom is 0.270 e. The van der Waals surface area contributed by atoms with Crippen LogP contribution >= 0.6 is 15.9 Å². The van der Waals surface area contributed by atoms with Gasteiger partial charge in [0.25, 0.3) is 5.91 Å². The largest absolute Gasteiger partial charge is 0.393 e. The highest BCUT2D eigenvalue weighted by Crippen LogP contribution is 2.27. The molecule has 0 bridgehead atoms. The minimum absolute atomic E-state index is 0.296. The predicted octanol–water partition coefficient (Wildman–Crippen LogP) is 3.94. The number of rotatable bonds is 5. The summed E-state index contributed by atoms with van der Waals surface area (Å²) >= 11 is 3.35. The minimum atomic E-state index is -0.315. The molecule has 0 radical (unpaired) electrons. The number of aryl methyl sites for hydroxylation is 2. The Hall–Kier alpha value is -3.13. The Bertz CT molecular complexity index is 992. The fourth-order valence-corrected chi connectivity index (χ4v) is 2.97. The lowest BCUT2D eigenvalue weighted by atomic mass is 10.1. The first-order valence-corrected chi connectivity index (χ1v) is 9.00. The molecule has 0 unspecified atom stereocenters. The number of benzene rings is 2. The van der Waals surface area contributed by atoms with Crippen molar-refractivity contribution in [1.29, 1.82) is 0 Å². The van der Waals surface area contributed by atoms with Crippen molar-refractivity contribution in [3.63, 3.8) is 0 Å². The summed E-state index contributed by atoms with van der Waals surface area (Å²) in [4.78, 5) is 20.6. The van der Waals surface area contributed by atoms with Crippen molar-refractivity contribution in [1.82, 2.24) is 15.4 Å². The number of amides is 1. The van der Waals surface area contributed by atoms with Crippen LogP contribution in [0.3, 0.4) is 0 Å². The van der Waals surface area contributed by atoms with Crippen molar-refractivity contribution in [2.24, 2.45) is 0 Å². The molecule has 3 aromatic rings. The molecule has 8 heteroatoms. The smallest absolute Gasteiger partial charge is 0.270 e. The van der Waals surface area contributed by atoms with Crippen molar-refractivity contribution in [3.8, 4) is 0 Å². The Morgan fingerprint density at radius 3 is 2.56 bits per heavy atom. The van der Waals surface area contributed by atoms with Crippen molar-refractivity contribution in [2.45, 2.75) is 13.8 Å². The number of halogens is 1. The number of carbonyl (C=O) groups excluding carboxylic acids is 1. The van der Waals surface area contributed by atoms with Crippen LogP contribution in [0.25, 0.3) is 0 Å². The zero-order chi connectivity index (χ0) is 19.4. The summed E-state index contributed by atoms with van der Waals surface area (Å²) in [6.45, 7) is 4.04. The van der Waals surface area contributed by atoms with Gasteiger partial charge < -0.3 is 11.1 Å². The number of hydrogen-bond acceptors (Lipinski definition) is 6. The lowest BCUT2D eigenvalue weighted by Gasteiger charge is -2.14. The Morgan fingerprint density at radius 1 is 1.07 bits per heavy atom. The van der Waals surface area contributed by atoms with Crippen LogP contribution in [-0.2, 0) is 0 Å². The van der Waals surface area contributed by atoms with Gasteiger partial charge >= 0.3 is 0 Å². The van der Waals surface area contributed by atoms with Crippen LogP contribution in [0.15, 0.2) is 53.3 Å². The molecule has 3 rings (SSSR count). The first kappa shape index (κ1) is 18.7. The van der Waals surface area contributed by atoms with Crippen LogP contribution in [-0.4, -0.2) is 15.9 Å². The van der Waals surface area contributed by atoms with E-state index in [1.807, 2.05) is 32.0 Å². The van der Waals surface area contributed by atoms with Crippen LogP contribution in [0, 0.1) is 13.8 Å². The Morgan fingerprint density at radius 2 is 1.81 bits per heavy atom. The number of nitrogens with one attached hydrogen (secondary N) is 3. The Kier molecular flexibility index (Phi) is 5.56. The number of nitrogens with zero attached hydrogens (tertiary/aromatic N) is 2. The van der Waals surface area contributed by atoms with E-state index in [-0.39, 0.29) is 5.91 Å². The molecule has 0 aliphatic heterocycles. The van der Waals surface area contributed by atoms with Crippen LogP contribution in [0.2, 0.25) is 0 Å². The van der Waals surface area contributed by atoms with Gasteiger partial charge in [0.2, 0.25) is 0 Å². The molecule has 0 aliphatic rings. The third-order valence-electron chi connectivity index (χ3n) is 3.93. The summed E-state index contributed by atoms with van der Waals surface area (Å²) in [7, 11) is 0. The molecule has 5 N–H and O–H groups in total. The van der Waals surface area contributed by atoms with Gasteiger partial charge in [0.1, 0.15) is 12.0 Å². The lowest BCUT2D eigenvalue weighted by molar-refractivity contribution is 0.0961. The monoisotopic (exact) mass is 426 g/mol. The Labute approximate surface area is 165 Å². The van der Waals surface area contributed by atoms with Crippen molar-refractivity contribution in [2.75, 3.05) is 16.5 Å². The maximum absolute atomic E-state index is 12.3. The second-order valence-corrected chi connectivity index (χ2v) is 6.84. The van der Waals surface area contributed by atoms with E-state index in [9.17, 15) is 4.79 Å². The summed E-state index contributed by atoms with van der Waals surface area (Å²) in [5.74, 6) is 0.441. The molecular formula is C19H19BrN6O. The first-order chi connectivity index (χ1) is 13.0.